The Hall–Kier alpha value is -0.390. The smallest absolute Gasteiger partial charge is 0.140 e. The summed E-state index contributed by atoms with van der Waals surface area (Å²) in [6.45, 7) is 4.30. The van der Waals surface area contributed by atoms with Gasteiger partial charge in [0.2, 0.25) is 0 Å². The first kappa shape index (κ1) is 13.1. The average Bonchev–Trinajstić information content (AvgIpc) is 2.35. The van der Waals surface area contributed by atoms with Crippen molar-refractivity contribution in [2.24, 2.45) is 5.92 Å². The van der Waals surface area contributed by atoms with Crippen LogP contribution in [0.4, 0.5) is 5.82 Å². The van der Waals surface area contributed by atoms with E-state index in [9.17, 15) is 0 Å². The van der Waals surface area contributed by atoms with Crippen molar-refractivity contribution in [2.45, 2.75) is 51.9 Å². The zero-order chi connectivity index (χ0) is 12.4. The third-order valence-corrected chi connectivity index (χ3v) is 5.12. The summed E-state index contributed by atoms with van der Waals surface area (Å²) in [5.74, 6) is 2.98. The number of nitrogens with two attached hydrogens (primary N) is 1. The molecule has 2 atom stereocenters. The standard InChI is InChI=1S/C13H20IN3/c1-3-9-5-4-6-10(7-9)13-16-8(2)11(14)12(15)17-13/h9-10H,3-7H2,1-2H3,(H2,15,16,17). The summed E-state index contributed by atoms with van der Waals surface area (Å²) in [4.78, 5) is 9.11. The van der Waals surface area contributed by atoms with Crippen LogP contribution in [0.15, 0.2) is 0 Å². The molecule has 17 heavy (non-hydrogen) atoms. The van der Waals surface area contributed by atoms with Crippen molar-refractivity contribution in [1.82, 2.24) is 9.97 Å². The summed E-state index contributed by atoms with van der Waals surface area (Å²) < 4.78 is 0.995. The van der Waals surface area contributed by atoms with Gasteiger partial charge in [0.25, 0.3) is 0 Å². The number of nitrogen functional groups attached to an aromatic ring is 1. The van der Waals surface area contributed by atoms with Crippen LogP contribution in [0, 0.1) is 16.4 Å². The fourth-order valence-corrected chi connectivity index (χ4v) is 2.92. The van der Waals surface area contributed by atoms with Gasteiger partial charge in [-0.3, -0.25) is 0 Å². The Morgan fingerprint density at radius 3 is 2.76 bits per heavy atom. The second-order valence-corrected chi connectivity index (χ2v) is 6.08. The second-order valence-electron chi connectivity index (χ2n) is 5.00. The van der Waals surface area contributed by atoms with E-state index in [-0.39, 0.29) is 0 Å². The van der Waals surface area contributed by atoms with Gasteiger partial charge in [0.05, 0.1) is 9.26 Å². The second kappa shape index (κ2) is 5.50. The summed E-state index contributed by atoms with van der Waals surface area (Å²) in [5.41, 5.74) is 6.96. The van der Waals surface area contributed by atoms with E-state index in [0.717, 1.165) is 21.0 Å². The number of hydrogen-bond acceptors (Lipinski definition) is 3. The maximum Gasteiger partial charge on any atom is 0.140 e. The monoisotopic (exact) mass is 345 g/mol. The summed E-state index contributed by atoms with van der Waals surface area (Å²) in [7, 11) is 0. The topological polar surface area (TPSA) is 51.8 Å². The van der Waals surface area contributed by atoms with Crippen molar-refractivity contribution < 1.29 is 0 Å². The Morgan fingerprint density at radius 1 is 1.35 bits per heavy atom. The SMILES string of the molecule is CCC1CCCC(c2nc(C)c(I)c(N)n2)C1. The maximum absolute atomic E-state index is 5.94. The normalized spacial score (nSPS) is 24.9. The van der Waals surface area contributed by atoms with Crippen LogP contribution in [0.2, 0.25) is 0 Å². The van der Waals surface area contributed by atoms with Crippen LogP contribution in [0.3, 0.4) is 0 Å². The maximum atomic E-state index is 5.94. The van der Waals surface area contributed by atoms with Crippen LogP contribution >= 0.6 is 22.6 Å². The van der Waals surface area contributed by atoms with Gasteiger partial charge in [-0.1, -0.05) is 26.2 Å². The molecule has 2 unspecified atom stereocenters. The van der Waals surface area contributed by atoms with Crippen LogP contribution < -0.4 is 5.73 Å². The van der Waals surface area contributed by atoms with Gasteiger partial charge in [0.1, 0.15) is 11.6 Å². The predicted octanol–water partition coefficient (Wildman–Crippen LogP) is 3.66. The van der Waals surface area contributed by atoms with Gasteiger partial charge in [0.15, 0.2) is 0 Å². The van der Waals surface area contributed by atoms with Crippen molar-refractivity contribution in [3.63, 3.8) is 0 Å². The van der Waals surface area contributed by atoms with Crippen LogP contribution in [0.25, 0.3) is 0 Å². The molecule has 2 rings (SSSR count). The van der Waals surface area contributed by atoms with Gasteiger partial charge < -0.3 is 5.73 Å². The number of hydrogen-bond donors (Lipinski definition) is 1. The zero-order valence-electron chi connectivity index (χ0n) is 10.5. The first-order valence-corrected chi connectivity index (χ1v) is 7.49. The molecule has 1 heterocycles. The van der Waals surface area contributed by atoms with Crippen LogP contribution in [-0.2, 0) is 0 Å². The van der Waals surface area contributed by atoms with Gasteiger partial charge >= 0.3 is 0 Å². The highest BCUT2D eigenvalue weighted by molar-refractivity contribution is 14.1. The summed E-state index contributed by atoms with van der Waals surface area (Å²) in [5, 5.41) is 0. The summed E-state index contributed by atoms with van der Waals surface area (Å²) in [6, 6.07) is 0. The zero-order valence-corrected chi connectivity index (χ0v) is 12.7. The Bertz CT molecular complexity index is 383. The molecule has 2 N–H and O–H groups in total. The molecule has 0 radical (unpaired) electrons. The van der Waals surface area contributed by atoms with Gasteiger partial charge in [-0.05, 0) is 48.3 Å². The molecule has 1 aliphatic rings. The molecule has 1 aromatic rings. The molecule has 1 saturated carbocycles. The third-order valence-electron chi connectivity index (χ3n) is 3.79. The molecular formula is C13H20IN3. The Kier molecular flexibility index (Phi) is 4.22. The number of halogens is 1. The molecule has 3 nitrogen and oxygen atoms in total. The Labute approximate surface area is 117 Å². The minimum Gasteiger partial charge on any atom is -0.383 e. The fourth-order valence-electron chi connectivity index (χ4n) is 2.68. The molecule has 0 spiro atoms. The highest BCUT2D eigenvalue weighted by Gasteiger charge is 2.24. The molecule has 1 fully saturated rings. The molecule has 0 saturated heterocycles. The number of aryl methyl sites for hydroxylation is 1. The first-order valence-electron chi connectivity index (χ1n) is 6.41. The molecule has 0 aromatic carbocycles. The Balaban J connectivity index is 2.22. The van der Waals surface area contributed by atoms with Crippen LogP contribution in [0.1, 0.15) is 56.5 Å². The molecule has 0 aliphatic heterocycles. The van der Waals surface area contributed by atoms with Gasteiger partial charge in [-0.15, -0.1) is 0 Å². The van der Waals surface area contributed by atoms with E-state index in [4.69, 9.17) is 5.73 Å². The van der Waals surface area contributed by atoms with Crippen molar-refractivity contribution in [3.05, 3.63) is 15.1 Å². The van der Waals surface area contributed by atoms with Crippen LogP contribution in [-0.4, -0.2) is 9.97 Å². The quantitative estimate of drug-likeness (QED) is 0.833. The number of rotatable bonds is 2. The van der Waals surface area contributed by atoms with Crippen molar-refractivity contribution >= 4 is 28.4 Å². The summed E-state index contributed by atoms with van der Waals surface area (Å²) in [6.07, 6.45) is 6.39. The minimum absolute atomic E-state index is 0.520. The molecule has 0 amide bonds. The lowest BCUT2D eigenvalue weighted by atomic mass is 9.80. The highest BCUT2D eigenvalue weighted by Crippen LogP contribution is 2.36. The van der Waals surface area contributed by atoms with Crippen LogP contribution in [0.5, 0.6) is 0 Å². The lowest BCUT2D eigenvalue weighted by Crippen LogP contribution is -2.17. The molecule has 4 heteroatoms. The van der Waals surface area contributed by atoms with Crippen molar-refractivity contribution in [3.8, 4) is 0 Å². The summed E-state index contributed by atoms with van der Waals surface area (Å²) >= 11 is 2.22. The van der Waals surface area contributed by atoms with Crippen molar-refractivity contribution in [1.29, 1.82) is 0 Å². The lowest BCUT2D eigenvalue weighted by Gasteiger charge is -2.27. The molecule has 1 aliphatic carbocycles. The van der Waals surface area contributed by atoms with Gasteiger partial charge in [0, 0.05) is 5.92 Å². The lowest BCUT2D eigenvalue weighted by molar-refractivity contribution is 0.307. The Morgan fingerprint density at radius 2 is 2.12 bits per heavy atom. The van der Waals surface area contributed by atoms with Gasteiger partial charge in [-0.25, -0.2) is 9.97 Å². The van der Waals surface area contributed by atoms with E-state index in [1.165, 1.54) is 32.1 Å². The van der Waals surface area contributed by atoms with E-state index in [1.807, 2.05) is 6.92 Å². The predicted molar refractivity (Wildman–Crippen MR) is 78.9 cm³/mol. The number of aromatic nitrogens is 2. The number of anilines is 1. The molecule has 0 bridgehead atoms. The van der Waals surface area contributed by atoms with E-state index in [0.29, 0.717) is 11.7 Å². The fraction of sp³-hybridized carbons (Fsp3) is 0.692. The van der Waals surface area contributed by atoms with E-state index in [2.05, 4.69) is 39.5 Å². The van der Waals surface area contributed by atoms with Gasteiger partial charge in [-0.2, -0.15) is 0 Å². The highest BCUT2D eigenvalue weighted by atomic mass is 127. The first-order chi connectivity index (χ1) is 8.11. The number of nitrogens with zero attached hydrogens (tertiary/aromatic N) is 2. The van der Waals surface area contributed by atoms with E-state index < -0.39 is 0 Å². The van der Waals surface area contributed by atoms with E-state index >= 15 is 0 Å². The molecule has 1 aromatic heterocycles. The molecule has 94 valence electrons. The van der Waals surface area contributed by atoms with Crippen molar-refractivity contribution in [2.75, 3.05) is 5.73 Å². The van der Waals surface area contributed by atoms with E-state index in [1.54, 1.807) is 0 Å². The third kappa shape index (κ3) is 2.89. The molecular weight excluding hydrogens is 325 g/mol. The minimum atomic E-state index is 0.520. The largest absolute Gasteiger partial charge is 0.383 e. The average molecular weight is 345 g/mol.